The Morgan fingerprint density at radius 3 is 2.72 bits per heavy atom. The van der Waals surface area contributed by atoms with Crippen LogP contribution in [-0.2, 0) is 12.8 Å². The van der Waals surface area contributed by atoms with Crippen LogP contribution in [0.4, 0.5) is 0 Å². The van der Waals surface area contributed by atoms with Crippen molar-refractivity contribution in [3.63, 3.8) is 0 Å². The minimum Gasteiger partial charge on any atom is -0.336 e. The van der Waals surface area contributed by atoms with Gasteiger partial charge in [0, 0.05) is 11.3 Å². The smallest absolute Gasteiger partial charge is 0.255 e. The largest absolute Gasteiger partial charge is 0.336 e. The van der Waals surface area contributed by atoms with Gasteiger partial charge in [-0.05, 0) is 43.0 Å². The average molecular weight is 258 g/mol. The van der Waals surface area contributed by atoms with E-state index in [1.54, 1.807) is 0 Å². The monoisotopic (exact) mass is 258 g/mol. The van der Waals surface area contributed by atoms with Gasteiger partial charge in [0.1, 0.15) is 0 Å². The molecule has 1 aliphatic carbocycles. The molecule has 4 heteroatoms. The molecule has 1 unspecified atom stereocenters. The predicted molar refractivity (Wildman–Crippen MR) is 73.5 cm³/mol. The quantitative estimate of drug-likeness (QED) is 0.773. The van der Waals surface area contributed by atoms with Gasteiger partial charge in [0.2, 0.25) is 0 Å². The summed E-state index contributed by atoms with van der Waals surface area (Å²) < 4.78 is 0.428. The molecule has 3 nitrogen and oxygen atoms in total. The highest BCUT2D eigenvalue weighted by atomic mass is 32.1. The molecule has 0 fully saturated rings. The van der Waals surface area contributed by atoms with Crippen molar-refractivity contribution in [1.82, 2.24) is 9.97 Å². The number of hydrogen-bond donors (Lipinski definition) is 2. The highest BCUT2D eigenvalue weighted by Gasteiger charge is 2.22. The first-order valence-corrected chi connectivity index (χ1v) is 6.54. The fourth-order valence-electron chi connectivity index (χ4n) is 2.67. The van der Waals surface area contributed by atoms with E-state index in [0.717, 1.165) is 30.5 Å². The van der Waals surface area contributed by atoms with Crippen LogP contribution in [0.5, 0.6) is 0 Å². The first-order chi connectivity index (χ1) is 8.74. The summed E-state index contributed by atoms with van der Waals surface area (Å²) >= 11 is 5.00. The number of rotatable bonds is 1. The summed E-state index contributed by atoms with van der Waals surface area (Å²) in [5.74, 6) is 0.434. The van der Waals surface area contributed by atoms with E-state index in [-0.39, 0.29) is 5.56 Å². The van der Waals surface area contributed by atoms with Crippen LogP contribution >= 0.6 is 12.2 Å². The molecule has 3 rings (SSSR count). The fourth-order valence-corrected chi connectivity index (χ4v) is 2.88. The SMILES string of the molecule is O=c1[nH]c(=S)[nH]c2c1CC(c1ccccc1)CC2. The molecule has 1 aromatic carbocycles. The van der Waals surface area contributed by atoms with Gasteiger partial charge in [-0.1, -0.05) is 30.3 Å². The molecule has 1 aromatic heterocycles. The standard InChI is InChI=1S/C14H14N2OS/c17-13-11-8-10(9-4-2-1-3-5-9)6-7-12(11)15-14(18)16-13/h1-5,10H,6-8H2,(H2,15,16,17,18). The molecule has 1 atom stereocenters. The second-order valence-corrected chi connectivity index (χ2v) is 5.12. The van der Waals surface area contributed by atoms with Gasteiger partial charge in [0.05, 0.1) is 0 Å². The summed E-state index contributed by atoms with van der Waals surface area (Å²) in [5, 5.41) is 0. The summed E-state index contributed by atoms with van der Waals surface area (Å²) in [5.41, 5.74) is 3.15. The Hall–Kier alpha value is -1.68. The Kier molecular flexibility index (Phi) is 2.88. The molecule has 1 aliphatic rings. The van der Waals surface area contributed by atoms with Crippen molar-refractivity contribution in [1.29, 1.82) is 0 Å². The third-order valence-corrected chi connectivity index (χ3v) is 3.80. The van der Waals surface area contributed by atoms with Crippen LogP contribution in [0, 0.1) is 4.77 Å². The maximum absolute atomic E-state index is 11.9. The number of aromatic nitrogens is 2. The lowest BCUT2D eigenvalue weighted by Gasteiger charge is -2.23. The minimum atomic E-state index is -0.0330. The van der Waals surface area contributed by atoms with Crippen molar-refractivity contribution in [3.8, 4) is 0 Å². The van der Waals surface area contributed by atoms with E-state index in [0.29, 0.717) is 10.7 Å². The Balaban J connectivity index is 1.99. The summed E-state index contributed by atoms with van der Waals surface area (Å²) in [7, 11) is 0. The molecule has 0 amide bonds. The molecule has 2 aromatic rings. The average Bonchev–Trinajstić information content (AvgIpc) is 2.39. The molecule has 0 spiro atoms. The van der Waals surface area contributed by atoms with Gasteiger partial charge in [-0.15, -0.1) is 0 Å². The normalized spacial score (nSPS) is 18.3. The predicted octanol–water partition coefficient (Wildman–Crippen LogP) is 2.70. The maximum atomic E-state index is 11.9. The van der Waals surface area contributed by atoms with Crippen molar-refractivity contribution in [2.24, 2.45) is 0 Å². The second-order valence-electron chi connectivity index (χ2n) is 4.72. The molecule has 0 saturated heterocycles. The van der Waals surface area contributed by atoms with E-state index in [9.17, 15) is 4.79 Å². The van der Waals surface area contributed by atoms with Crippen LogP contribution in [0.3, 0.4) is 0 Å². The third-order valence-electron chi connectivity index (χ3n) is 3.59. The van der Waals surface area contributed by atoms with Crippen LogP contribution in [0.25, 0.3) is 0 Å². The number of H-pyrrole nitrogens is 2. The van der Waals surface area contributed by atoms with E-state index in [1.165, 1.54) is 5.56 Å². The topological polar surface area (TPSA) is 48.6 Å². The van der Waals surface area contributed by atoms with Gasteiger partial charge in [-0.3, -0.25) is 9.78 Å². The number of hydrogen-bond acceptors (Lipinski definition) is 2. The Bertz CT molecular complexity index is 672. The van der Waals surface area contributed by atoms with Crippen LogP contribution < -0.4 is 5.56 Å². The molecule has 0 radical (unpaired) electrons. The lowest BCUT2D eigenvalue weighted by molar-refractivity contribution is 0.566. The fraction of sp³-hybridized carbons (Fsp3) is 0.286. The molecule has 0 bridgehead atoms. The van der Waals surface area contributed by atoms with E-state index in [4.69, 9.17) is 12.2 Å². The minimum absolute atomic E-state index is 0.0330. The number of aryl methyl sites for hydroxylation is 1. The van der Waals surface area contributed by atoms with Crippen LogP contribution in [0.1, 0.15) is 29.2 Å². The third kappa shape index (κ3) is 2.04. The van der Waals surface area contributed by atoms with Crippen molar-refractivity contribution >= 4 is 12.2 Å². The highest BCUT2D eigenvalue weighted by molar-refractivity contribution is 7.71. The number of fused-ring (bicyclic) bond motifs is 1. The molecule has 18 heavy (non-hydrogen) atoms. The lowest BCUT2D eigenvalue weighted by atomic mass is 9.83. The van der Waals surface area contributed by atoms with Crippen molar-refractivity contribution in [2.45, 2.75) is 25.2 Å². The molecule has 92 valence electrons. The molecule has 0 saturated carbocycles. The van der Waals surface area contributed by atoms with Crippen LogP contribution in [-0.4, -0.2) is 9.97 Å². The molecular formula is C14H14N2OS. The summed E-state index contributed by atoms with van der Waals surface area (Å²) in [6.45, 7) is 0. The number of nitrogens with one attached hydrogen (secondary N) is 2. The van der Waals surface area contributed by atoms with Gasteiger partial charge in [0.25, 0.3) is 5.56 Å². The highest BCUT2D eigenvalue weighted by Crippen LogP contribution is 2.29. The molecule has 1 heterocycles. The summed E-state index contributed by atoms with van der Waals surface area (Å²) in [6.07, 6.45) is 2.75. The van der Waals surface area contributed by atoms with Crippen LogP contribution in [0.15, 0.2) is 35.1 Å². The number of benzene rings is 1. The van der Waals surface area contributed by atoms with Crippen molar-refractivity contribution < 1.29 is 0 Å². The maximum Gasteiger partial charge on any atom is 0.255 e. The van der Waals surface area contributed by atoms with Crippen LogP contribution in [0.2, 0.25) is 0 Å². The lowest BCUT2D eigenvalue weighted by Crippen LogP contribution is -2.24. The molecule has 2 N–H and O–H groups in total. The Morgan fingerprint density at radius 2 is 1.94 bits per heavy atom. The Labute approximate surface area is 110 Å². The molecular weight excluding hydrogens is 244 g/mol. The summed E-state index contributed by atoms with van der Waals surface area (Å²) in [6, 6.07) is 10.4. The van der Waals surface area contributed by atoms with Gasteiger partial charge >= 0.3 is 0 Å². The zero-order valence-corrected chi connectivity index (χ0v) is 10.7. The summed E-state index contributed by atoms with van der Waals surface area (Å²) in [4.78, 5) is 17.7. The van der Waals surface area contributed by atoms with E-state index in [2.05, 4.69) is 22.1 Å². The first kappa shape index (κ1) is 11.4. The second kappa shape index (κ2) is 4.53. The van der Waals surface area contributed by atoms with E-state index in [1.807, 2.05) is 18.2 Å². The van der Waals surface area contributed by atoms with E-state index < -0.39 is 0 Å². The van der Waals surface area contributed by atoms with Crippen molar-refractivity contribution in [2.75, 3.05) is 0 Å². The van der Waals surface area contributed by atoms with Gasteiger partial charge in [0.15, 0.2) is 4.77 Å². The first-order valence-electron chi connectivity index (χ1n) is 6.13. The van der Waals surface area contributed by atoms with E-state index >= 15 is 0 Å². The van der Waals surface area contributed by atoms with Gasteiger partial charge in [-0.2, -0.15) is 0 Å². The zero-order chi connectivity index (χ0) is 12.5. The number of aromatic amines is 2. The Morgan fingerprint density at radius 1 is 1.17 bits per heavy atom. The van der Waals surface area contributed by atoms with Crippen molar-refractivity contribution in [3.05, 3.63) is 62.3 Å². The van der Waals surface area contributed by atoms with Gasteiger partial charge in [-0.25, -0.2) is 0 Å². The van der Waals surface area contributed by atoms with Gasteiger partial charge < -0.3 is 4.98 Å². The zero-order valence-electron chi connectivity index (χ0n) is 9.90. The molecule has 0 aliphatic heterocycles.